The van der Waals surface area contributed by atoms with E-state index >= 15 is 0 Å². The predicted octanol–water partition coefficient (Wildman–Crippen LogP) is 3.02. The quantitative estimate of drug-likeness (QED) is 0.286. The first-order chi connectivity index (χ1) is 17.7. The molecule has 4 heterocycles. The Morgan fingerprint density at radius 3 is 2.70 bits per heavy atom. The molecule has 3 aromatic rings. The van der Waals surface area contributed by atoms with Crippen molar-refractivity contribution in [2.24, 2.45) is 0 Å². The summed E-state index contributed by atoms with van der Waals surface area (Å²) in [5.41, 5.74) is 1.74. The SMILES string of the molecule is COC(=O)c1cnc(Nc2cc(-c3c(OCCCNC(=O)OC(C)(C)C)cnc4c3OCC4)[nH]n2)cn1. The van der Waals surface area contributed by atoms with Gasteiger partial charge in [0.05, 0.1) is 55.9 Å². The highest BCUT2D eigenvalue weighted by Gasteiger charge is 2.25. The van der Waals surface area contributed by atoms with Crippen LogP contribution in [0, 0.1) is 0 Å². The van der Waals surface area contributed by atoms with Gasteiger partial charge in [-0.05, 0) is 27.2 Å². The van der Waals surface area contributed by atoms with Gasteiger partial charge in [0, 0.05) is 19.0 Å². The molecule has 0 aromatic carbocycles. The zero-order chi connectivity index (χ0) is 26.4. The molecule has 196 valence electrons. The number of fused-ring (bicyclic) bond motifs is 1. The van der Waals surface area contributed by atoms with E-state index < -0.39 is 17.7 Å². The van der Waals surface area contributed by atoms with E-state index in [2.05, 4.69) is 40.5 Å². The Hall–Kier alpha value is -4.42. The van der Waals surface area contributed by atoms with Crippen LogP contribution in [0.25, 0.3) is 11.3 Å². The average molecular weight is 512 g/mol. The van der Waals surface area contributed by atoms with Crippen LogP contribution in [0.4, 0.5) is 16.4 Å². The van der Waals surface area contributed by atoms with Gasteiger partial charge in [-0.15, -0.1) is 0 Å². The van der Waals surface area contributed by atoms with E-state index in [4.69, 9.17) is 14.2 Å². The monoisotopic (exact) mass is 511 g/mol. The predicted molar refractivity (Wildman–Crippen MR) is 132 cm³/mol. The number of methoxy groups -OCH3 is 1. The Labute approximate surface area is 213 Å². The minimum atomic E-state index is -0.569. The molecule has 1 aliphatic heterocycles. The average Bonchev–Trinajstić information content (AvgIpc) is 3.52. The molecule has 0 bridgehead atoms. The number of ether oxygens (including phenoxy) is 4. The number of esters is 1. The lowest BCUT2D eigenvalue weighted by molar-refractivity contribution is 0.0524. The molecule has 3 N–H and O–H groups in total. The number of carbonyl (C=O) groups is 2. The van der Waals surface area contributed by atoms with Gasteiger partial charge in [0.15, 0.2) is 23.0 Å². The zero-order valence-corrected chi connectivity index (χ0v) is 21.1. The number of anilines is 2. The highest BCUT2D eigenvalue weighted by atomic mass is 16.6. The fourth-order valence-corrected chi connectivity index (χ4v) is 3.47. The number of hydrogen-bond acceptors (Lipinski definition) is 11. The molecule has 0 fully saturated rings. The summed E-state index contributed by atoms with van der Waals surface area (Å²) in [6.07, 6.45) is 5.18. The van der Waals surface area contributed by atoms with E-state index in [-0.39, 0.29) is 5.69 Å². The molecule has 0 radical (unpaired) electrons. The van der Waals surface area contributed by atoms with Crippen molar-refractivity contribution < 1.29 is 28.5 Å². The lowest BCUT2D eigenvalue weighted by Crippen LogP contribution is -2.33. The van der Waals surface area contributed by atoms with Crippen LogP contribution in [0.2, 0.25) is 0 Å². The molecule has 4 rings (SSSR count). The van der Waals surface area contributed by atoms with Gasteiger partial charge in [0.1, 0.15) is 11.4 Å². The van der Waals surface area contributed by atoms with E-state index in [1.807, 2.05) is 20.8 Å². The lowest BCUT2D eigenvalue weighted by Gasteiger charge is -2.19. The number of aromatic amines is 1. The van der Waals surface area contributed by atoms with E-state index in [1.54, 1.807) is 12.3 Å². The molecular formula is C24H29N7O6. The number of pyridine rings is 1. The van der Waals surface area contributed by atoms with Crippen molar-refractivity contribution in [2.75, 3.05) is 32.2 Å². The highest BCUT2D eigenvalue weighted by Crippen LogP contribution is 2.42. The Bertz CT molecular complexity index is 1250. The second-order valence-electron chi connectivity index (χ2n) is 9.07. The van der Waals surface area contributed by atoms with Gasteiger partial charge in [0.25, 0.3) is 0 Å². The van der Waals surface area contributed by atoms with Crippen LogP contribution in [0.3, 0.4) is 0 Å². The molecule has 0 spiro atoms. The van der Waals surface area contributed by atoms with Gasteiger partial charge in [0.2, 0.25) is 0 Å². The summed E-state index contributed by atoms with van der Waals surface area (Å²) in [6.45, 7) is 6.69. The molecule has 13 nitrogen and oxygen atoms in total. The second kappa shape index (κ2) is 11.1. The van der Waals surface area contributed by atoms with Crippen molar-refractivity contribution in [1.82, 2.24) is 30.5 Å². The van der Waals surface area contributed by atoms with Crippen LogP contribution in [-0.4, -0.2) is 69.7 Å². The third kappa shape index (κ3) is 6.63. The summed E-state index contributed by atoms with van der Waals surface area (Å²) in [6, 6.07) is 1.78. The van der Waals surface area contributed by atoms with Crippen molar-refractivity contribution in [2.45, 2.75) is 39.2 Å². The first-order valence-electron chi connectivity index (χ1n) is 11.7. The smallest absolute Gasteiger partial charge is 0.407 e. The Morgan fingerprint density at radius 1 is 1.14 bits per heavy atom. The van der Waals surface area contributed by atoms with Crippen LogP contribution in [0.5, 0.6) is 11.5 Å². The van der Waals surface area contributed by atoms with Gasteiger partial charge < -0.3 is 29.6 Å². The maximum atomic E-state index is 11.8. The second-order valence-corrected chi connectivity index (χ2v) is 9.07. The molecule has 0 saturated carbocycles. The number of H-pyrrole nitrogens is 1. The zero-order valence-electron chi connectivity index (χ0n) is 21.1. The molecule has 0 unspecified atom stereocenters. The van der Waals surface area contributed by atoms with Crippen LogP contribution in [0.1, 0.15) is 43.4 Å². The van der Waals surface area contributed by atoms with Crippen LogP contribution in [0.15, 0.2) is 24.7 Å². The van der Waals surface area contributed by atoms with Crippen molar-refractivity contribution in [1.29, 1.82) is 0 Å². The summed E-state index contributed by atoms with van der Waals surface area (Å²) in [5.74, 6) is 1.47. The van der Waals surface area contributed by atoms with Crippen molar-refractivity contribution >= 4 is 23.7 Å². The Morgan fingerprint density at radius 2 is 1.97 bits per heavy atom. The number of rotatable bonds is 9. The Kier molecular flexibility index (Phi) is 7.70. The van der Waals surface area contributed by atoms with Crippen molar-refractivity contribution in [3.8, 4) is 22.8 Å². The minimum Gasteiger partial charge on any atom is -0.491 e. The topological polar surface area (TPSA) is 162 Å². The summed E-state index contributed by atoms with van der Waals surface area (Å²) in [5, 5.41) is 13.0. The minimum absolute atomic E-state index is 0.100. The molecule has 0 aliphatic carbocycles. The molecule has 3 aromatic heterocycles. The van der Waals surface area contributed by atoms with Gasteiger partial charge in [-0.1, -0.05) is 0 Å². The first kappa shape index (κ1) is 25.7. The van der Waals surface area contributed by atoms with Crippen LogP contribution >= 0.6 is 0 Å². The van der Waals surface area contributed by atoms with Crippen LogP contribution in [-0.2, 0) is 15.9 Å². The van der Waals surface area contributed by atoms with Gasteiger partial charge in [-0.3, -0.25) is 10.1 Å². The molecule has 37 heavy (non-hydrogen) atoms. The fraction of sp³-hybridized carbons (Fsp3) is 0.417. The molecule has 1 amide bonds. The van der Waals surface area contributed by atoms with E-state index in [0.29, 0.717) is 67.0 Å². The summed E-state index contributed by atoms with van der Waals surface area (Å²) in [7, 11) is 1.28. The molecule has 13 heteroatoms. The maximum Gasteiger partial charge on any atom is 0.407 e. The van der Waals surface area contributed by atoms with E-state index in [0.717, 1.165) is 5.69 Å². The maximum absolute atomic E-state index is 11.8. The number of nitrogens with one attached hydrogen (secondary N) is 3. The van der Waals surface area contributed by atoms with E-state index in [9.17, 15) is 9.59 Å². The van der Waals surface area contributed by atoms with Gasteiger partial charge >= 0.3 is 12.1 Å². The number of alkyl carbamates (subject to hydrolysis) is 1. The Balaban J connectivity index is 1.42. The third-order valence-electron chi connectivity index (χ3n) is 5.06. The van der Waals surface area contributed by atoms with Crippen molar-refractivity contribution in [3.05, 3.63) is 36.0 Å². The van der Waals surface area contributed by atoms with Crippen molar-refractivity contribution in [3.63, 3.8) is 0 Å². The summed E-state index contributed by atoms with van der Waals surface area (Å²) < 4.78 is 21.7. The lowest BCUT2D eigenvalue weighted by atomic mass is 10.1. The van der Waals surface area contributed by atoms with E-state index in [1.165, 1.54) is 19.5 Å². The summed E-state index contributed by atoms with van der Waals surface area (Å²) in [4.78, 5) is 36.0. The standard InChI is InChI=1S/C24H29N7O6/c1-24(2,3)37-23(33)25-7-5-8-35-17-12-26-14-6-9-36-21(14)20(17)15-10-18(31-30-15)29-19-13-27-16(11-28-19)22(32)34-4/h10-13H,5-9H2,1-4H3,(H,25,33)(H2,28,29,30,31). The number of carbonyl (C=O) groups excluding carboxylic acids is 2. The molecule has 0 atom stereocenters. The third-order valence-corrected chi connectivity index (χ3v) is 5.06. The fourth-order valence-electron chi connectivity index (χ4n) is 3.47. The molecule has 1 aliphatic rings. The van der Waals surface area contributed by atoms with Gasteiger partial charge in [-0.2, -0.15) is 5.10 Å². The molecular weight excluding hydrogens is 482 g/mol. The van der Waals surface area contributed by atoms with Crippen LogP contribution < -0.4 is 20.1 Å². The number of amides is 1. The first-order valence-corrected chi connectivity index (χ1v) is 11.7. The van der Waals surface area contributed by atoms with Gasteiger partial charge in [-0.25, -0.2) is 19.6 Å². The largest absolute Gasteiger partial charge is 0.491 e. The number of aromatic nitrogens is 5. The molecule has 0 saturated heterocycles. The number of nitrogens with zero attached hydrogens (tertiary/aromatic N) is 4. The normalized spacial score (nSPS) is 12.3. The number of hydrogen-bond donors (Lipinski definition) is 3. The highest BCUT2D eigenvalue weighted by molar-refractivity contribution is 5.86. The summed E-state index contributed by atoms with van der Waals surface area (Å²) >= 11 is 0.